The van der Waals surface area contributed by atoms with Gasteiger partial charge in [0.25, 0.3) is 0 Å². The minimum absolute atomic E-state index is 0.00796. The minimum atomic E-state index is -0.0102. The van der Waals surface area contributed by atoms with E-state index in [0.717, 1.165) is 0 Å². The van der Waals surface area contributed by atoms with Crippen LogP contribution in [-0.2, 0) is 9.59 Å². The van der Waals surface area contributed by atoms with E-state index in [-0.39, 0.29) is 23.9 Å². The standard InChI is InChI=1S/C10H16O2/c1-5-9(11)8(4)6-10(12)7(2)3/h7H,4-6H2,1-3H3. The average molecular weight is 168 g/mol. The third-order valence-corrected chi connectivity index (χ3v) is 1.75. The fourth-order valence-corrected chi connectivity index (χ4v) is 0.763. The lowest BCUT2D eigenvalue weighted by molar-refractivity contribution is -0.123. The molecule has 0 aliphatic heterocycles. The zero-order valence-electron chi connectivity index (χ0n) is 8.02. The first-order valence-electron chi connectivity index (χ1n) is 4.22. The predicted molar refractivity (Wildman–Crippen MR) is 48.9 cm³/mol. The summed E-state index contributed by atoms with van der Waals surface area (Å²) in [5.74, 6) is 0.0669. The molecule has 0 unspecified atom stereocenters. The smallest absolute Gasteiger partial charge is 0.158 e. The molecule has 0 aromatic rings. The lowest BCUT2D eigenvalue weighted by Gasteiger charge is -2.04. The highest BCUT2D eigenvalue weighted by atomic mass is 16.1. The Morgan fingerprint density at radius 1 is 1.33 bits per heavy atom. The van der Waals surface area contributed by atoms with E-state index in [9.17, 15) is 9.59 Å². The van der Waals surface area contributed by atoms with Crippen molar-refractivity contribution in [2.45, 2.75) is 33.6 Å². The monoisotopic (exact) mass is 168 g/mol. The number of ketones is 2. The fourth-order valence-electron chi connectivity index (χ4n) is 0.763. The highest BCUT2D eigenvalue weighted by molar-refractivity contribution is 6.00. The maximum Gasteiger partial charge on any atom is 0.158 e. The number of carbonyl (C=O) groups excluding carboxylic acids is 2. The molecule has 0 radical (unpaired) electrons. The molecule has 0 atom stereocenters. The number of Topliss-reactive ketones (excluding diaryl/α,β-unsaturated/α-hetero) is 2. The molecular formula is C10H16O2. The Hall–Kier alpha value is -0.920. The molecule has 0 N–H and O–H groups in total. The first-order chi connectivity index (χ1) is 5.49. The van der Waals surface area contributed by atoms with E-state index in [1.54, 1.807) is 6.92 Å². The van der Waals surface area contributed by atoms with Crippen molar-refractivity contribution in [1.29, 1.82) is 0 Å². The van der Waals surface area contributed by atoms with Gasteiger partial charge in [0.05, 0.1) is 0 Å². The fraction of sp³-hybridized carbons (Fsp3) is 0.600. The summed E-state index contributed by atoms with van der Waals surface area (Å²) in [6.45, 7) is 9.00. The number of allylic oxidation sites excluding steroid dienone is 1. The Labute approximate surface area is 73.7 Å². The first-order valence-corrected chi connectivity index (χ1v) is 4.22. The van der Waals surface area contributed by atoms with Crippen molar-refractivity contribution in [3.63, 3.8) is 0 Å². The van der Waals surface area contributed by atoms with Gasteiger partial charge >= 0.3 is 0 Å². The summed E-state index contributed by atoms with van der Waals surface area (Å²) in [5, 5.41) is 0. The van der Waals surface area contributed by atoms with Gasteiger partial charge in [-0.15, -0.1) is 0 Å². The van der Waals surface area contributed by atoms with Crippen LogP contribution < -0.4 is 0 Å². The van der Waals surface area contributed by atoms with Crippen LogP contribution in [0.4, 0.5) is 0 Å². The largest absolute Gasteiger partial charge is 0.299 e. The van der Waals surface area contributed by atoms with Crippen molar-refractivity contribution < 1.29 is 9.59 Å². The summed E-state index contributed by atoms with van der Waals surface area (Å²) < 4.78 is 0. The van der Waals surface area contributed by atoms with Gasteiger partial charge in [0.2, 0.25) is 0 Å². The highest BCUT2D eigenvalue weighted by Gasteiger charge is 2.12. The Bertz CT molecular complexity index is 202. The average Bonchev–Trinajstić information content (AvgIpc) is 2.02. The Balaban J connectivity index is 4.02. The van der Waals surface area contributed by atoms with Crippen LogP contribution in [0.3, 0.4) is 0 Å². The molecule has 0 saturated carbocycles. The molecule has 2 nitrogen and oxygen atoms in total. The molecule has 0 spiro atoms. The van der Waals surface area contributed by atoms with Crippen molar-refractivity contribution >= 4 is 11.6 Å². The van der Waals surface area contributed by atoms with E-state index < -0.39 is 0 Å². The first kappa shape index (κ1) is 11.1. The molecule has 0 aliphatic rings. The highest BCUT2D eigenvalue weighted by Crippen LogP contribution is 2.08. The van der Waals surface area contributed by atoms with Gasteiger partial charge in [0.15, 0.2) is 5.78 Å². The van der Waals surface area contributed by atoms with Gasteiger partial charge in [-0.1, -0.05) is 27.4 Å². The summed E-state index contributed by atoms with van der Waals surface area (Å²) in [7, 11) is 0. The lowest BCUT2D eigenvalue weighted by Crippen LogP contribution is -2.11. The quantitative estimate of drug-likeness (QED) is 0.589. The van der Waals surface area contributed by atoms with E-state index >= 15 is 0 Å². The van der Waals surface area contributed by atoms with E-state index in [1.807, 2.05) is 13.8 Å². The summed E-state index contributed by atoms with van der Waals surface area (Å²) >= 11 is 0. The van der Waals surface area contributed by atoms with E-state index in [0.29, 0.717) is 12.0 Å². The summed E-state index contributed by atoms with van der Waals surface area (Å²) in [4.78, 5) is 22.2. The van der Waals surface area contributed by atoms with Crippen molar-refractivity contribution in [2.24, 2.45) is 5.92 Å². The number of hydrogen-bond donors (Lipinski definition) is 0. The van der Waals surface area contributed by atoms with E-state index in [1.165, 1.54) is 0 Å². The second kappa shape index (κ2) is 4.86. The maximum absolute atomic E-state index is 11.2. The molecule has 0 heterocycles. The van der Waals surface area contributed by atoms with Crippen LogP contribution in [0.2, 0.25) is 0 Å². The van der Waals surface area contributed by atoms with Gasteiger partial charge in [-0.2, -0.15) is 0 Å². The molecule has 0 bridgehead atoms. The Kier molecular flexibility index (Phi) is 4.49. The molecule has 0 rings (SSSR count). The molecule has 0 fully saturated rings. The van der Waals surface area contributed by atoms with Crippen LogP contribution in [-0.4, -0.2) is 11.6 Å². The number of rotatable bonds is 5. The summed E-state index contributed by atoms with van der Waals surface area (Å²) in [5.41, 5.74) is 0.441. The van der Waals surface area contributed by atoms with Gasteiger partial charge in [-0.25, -0.2) is 0 Å². The number of hydrogen-bond acceptors (Lipinski definition) is 2. The van der Waals surface area contributed by atoms with Gasteiger partial charge in [0.1, 0.15) is 5.78 Å². The van der Waals surface area contributed by atoms with Crippen LogP contribution >= 0.6 is 0 Å². The zero-order valence-corrected chi connectivity index (χ0v) is 8.02. The minimum Gasteiger partial charge on any atom is -0.299 e. The normalized spacial score (nSPS) is 10.0. The van der Waals surface area contributed by atoms with Crippen molar-refractivity contribution in [2.75, 3.05) is 0 Å². The zero-order chi connectivity index (χ0) is 9.72. The second-order valence-corrected chi connectivity index (χ2v) is 3.18. The van der Waals surface area contributed by atoms with Crippen LogP contribution in [0.1, 0.15) is 33.6 Å². The molecule has 0 aromatic carbocycles. The van der Waals surface area contributed by atoms with Gasteiger partial charge in [0, 0.05) is 18.8 Å². The molecular weight excluding hydrogens is 152 g/mol. The number of carbonyl (C=O) groups is 2. The van der Waals surface area contributed by atoms with Crippen molar-refractivity contribution in [3.05, 3.63) is 12.2 Å². The lowest BCUT2D eigenvalue weighted by atomic mass is 9.99. The van der Waals surface area contributed by atoms with Gasteiger partial charge in [-0.3, -0.25) is 9.59 Å². The van der Waals surface area contributed by atoms with Crippen LogP contribution in [0.25, 0.3) is 0 Å². The third kappa shape index (κ3) is 3.46. The van der Waals surface area contributed by atoms with Gasteiger partial charge in [-0.05, 0) is 5.57 Å². The predicted octanol–water partition coefficient (Wildman–Crippen LogP) is 2.14. The molecule has 2 heteroatoms. The van der Waals surface area contributed by atoms with Crippen LogP contribution in [0.15, 0.2) is 12.2 Å². The summed E-state index contributed by atoms with van der Waals surface area (Å²) in [6.07, 6.45) is 0.647. The van der Waals surface area contributed by atoms with Crippen molar-refractivity contribution in [1.82, 2.24) is 0 Å². The molecule has 0 aliphatic carbocycles. The van der Waals surface area contributed by atoms with E-state index in [4.69, 9.17) is 0 Å². The van der Waals surface area contributed by atoms with Gasteiger partial charge < -0.3 is 0 Å². The molecule has 68 valence electrons. The molecule has 0 saturated heterocycles. The Morgan fingerprint density at radius 3 is 2.17 bits per heavy atom. The molecule has 0 amide bonds. The van der Waals surface area contributed by atoms with E-state index in [2.05, 4.69) is 6.58 Å². The molecule has 12 heavy (non-hydrogen) atoms. The SMILES string of the molecule is C=C(CC(=O)C(C)C)C(=O)CC. The van der Waals surface area contributed by atoms with Crippen LogP contribution in [0.5, 0.6) is 0 Å². The molecule has 0 aromatic heterocycles. The summed E-state index contributed by atoms with van der Waals surface area (Å²) in [6, 6.07) is 0. The second-order valence-electron chi connectivity index (χ2n) is 3.18. The van der Waals surface area contributed by atoms with Crippen molar-refractivity contribution in [3.8, 4) is 0 Å². The maximum atomic E-state index is 11.2. The topological polar surface area (TPSA) is 34.1 Å². The third-order valence-electron chi connectivity index (χ3n) is 1.75. The van der Waals surface area contributed by atoms with Crippen LogP contribution in [0, 0.1) is 5.92 Å². The Morgan fingerprint density at radius 2 is 1.83 bits per heavy atom.